The zero-order chi connectivity index (χ0) is 24.1. The van der Waals surface area contributed by atoms with Gasteiger partial charge < -0.3 is 14.2 Å². The third kappa shape index (κ3) is 3.39. The van der Waals surface area contributed by atoms with Gasteiger partial charge in [0.2, 0.25) is 0 Å². The second kappa shape index (κ2) is 7.54. The van der Waals surface area contributed by atoms with Gasteiger partial charge in [-0.25, -0.2) is 9.59 Å². The number of hydrogen-bond acceptors (Lipinski definition) is 6. The van der Waals surface area contributed by atoms with Gasteiger partial charge in [-0.3, -0.25) is 5.32 Å². The van der Waals surface area contributed by atoms with Gasteiger partial charge in [0.15, 0.2) is 5.60 Å². The van der Waals surface area contributed by atoms with Gasteiger partial charge in [0.05, 0.1) is 5.56 Å². The molecule has 3 aromatic carbocycles. The number of benzene rings is 3. The molecule has 170 valence electrons. The highest BCUT2D eigenvalue weighted by molar-refractivity contribution is 5.97. The maximum atomic E-state index is 12.9. The van der Waals surface area contributed by atoms with Crippen LogP contribution in [0.4, 0.5) is 16.2 Å². The predicted octanol–water partition coefficient (Wildman–Crippen LogP) is 6.54. The lowest BCUT2D eigenvalue weighted by molar-refractivity contribution is 0.0224. The van der Waals surface area contributed by atoms with Crippen molar-refractivity contribution in [3.05, 3.63) is 93.4 Å². The zero-order valence-electron chi connectivity index (χ0n) is 18.7. The fraction of sp³-hybridized carbons (Fsp3) is 0.200. The summed E-state index contributed by atoms with van der Waals surface area (Å²) in [6.45, 7) is 5.32. The molecule has 1 spiro atoms. The van der Waals surface area contributed by atoms with Crippen LogP contribution in [0.2, 0.25) is 0 Å². The Morgan fingerprint density at radius 3 is 2.47 bits per heavy atom. The summed E-state index contributed by atoms with van der Waals surface area (Å²) in [6.07, 6.45) is -0.610. The van der Waals surface area contributed by atoms with Crippen molar-refractivity contribution >= 4 is 23.4 Å². The average molecular weight is 456 g/mol. The lowest BCUT2D eigenvalue weighted by Crippen LogP contribution is -2.33. The summed E-state index contributed by atoms with van der Waals surface area (Å²) >= 11 is 0. The molecule has 9 nitrogen and oxygen atoms in total. The number of hydrogen-bond donors (Lipinski definition) is 1. The number of carbonyl (C=O) groups is 2. The van der Waals surface area contributed by atoms with E-state index in [1.165, 1.54) is 0 Å². The largest absolute Gasteiger partial charge is 0.456 e. The summed E-state index contributed by atoms with van der Waals surface area (Å²) in [7, 11) is 0. The number of azide groups is 1. The normalized spacial score (nSPS) is 17.4. The lowest BCUT2D eigenvalue weighted by Gasteiger charge is -2.36. The molecule has 0 fully saturated rings. The van der Waals surface area contributed by atoms with Gasteiger partial charge in [0.25, 0.3) is 0 Å². The van der Waals surface area contributed by atoms with Crippen molar-refractivity contribution in [1.29, 1.82) is 0 Å². The maximum Gasteiger partial charge on any atom is 0.412 e. The van der Waals surface area contributed by atoms with Gasteiger partial charge in [0, 0.05) is 39.0 Å². The molecule has 1 N–H and O–H groups in total. The molecule has 2 heterocycles. The molecule has 0 radical (unpaired) electrons. The summed E-state index contributed by atoms with van der Waals surface area (Å²) in [4.78, 5) is 28.0. The summed E-state index contributed by atoms with van der Waals surface area (Å²) in [5.74, 6) is 0.296. The van der Waals surface area contributed by atoms with E-state index in [2.05, 4.69) is 15.3 Å². The van der Waals surface area contributed by atoms with E-state index < -0.39 is 23.3 Å². The average Bonchev–Trinajstić information content (AvgIpc) is 3.06. The number of rotatable bonds is 2. The maximum absolute atomic E-state index is 12.9. The van der Waals surface area contributed by atoms with Crippen LogP contribution in [0, 0.1) is 0 Å². The summed E-state index contributed by atoms with van der Waals surface area (Å²) in [5, 5.41) is 6.35. The molecular weight excluding hydrogens is 436 g/mol. The quantitative estimate of drug-likeness (QED) is 0.203. The van der Waals surface area contributed by atoms with Crippen LogP contribution >= 0.6 is 0 Å². The van der Waals surface area contributed by atoms with Gasteiger partial charge in [-0.1, -0.05) is 35.4 Å². The molecular formula is C25H20N4O5. The molecule has 0 bridgehead atoms. The number of nitrogens with one attached hydrogen (secondary N) is 1. The molecule has 1 atom stereocenters. The highest BCUT2D eigenvalue weighted by atomic mass is 16.6. The number of anilines is 1. The molecule has 0 saturated carbocycles. The first kappa shape index (κ1) is 21.4. The number of amides is 1. The zero-order valence-corrected chi connectivity index (χ0v) is 18.7. The van der Waals surface area contributed by atoms with Crippen LogP contribution in [-0.4, -0.2) is 17.7 Å². The highest BCUT2D eigenvalue weighted by Gasteiger charge is 2.53. The van der Waals surface area contributed by atoms with Crippen LogP contribution in [-0.2, 0) is 15.1 Å². The number of esters is 1. The lowest BCUT2D eigenvalue weighted by atomic mass is 9.77. The molecule has 2 aliphatic heterocycles. The Labute approximate surface area is 194 Å². The first-order chi connectivity index (χ1) is 16.2. The Morgan fingerprint density at radius 2 is 1.74 bits per heavy atom. The standard InChI is InChI=1S/C25H20N4O5/c1-24(2,3)34-23(31)27-14-8-10-18-20(12-14)32-21-13-15(28-29-26)9-11-19(21)25(18)17-7-5-4-6-16(17)22(30)33-25/h4-13H,1-3H3,(H,27,31). The third-order valence-electron chi connectivity index (χ3n) is 5.50. The van der Waals surface area contributed by atoms with Crippen molar-refractivity contribution < 1.29 is 23.8 Å². The number of fused-ring (bicyclic) bond motifs is 6. The second-order valence-electron chi connectivity index (χ2n) is 8.93. The minimum atomic E-state index is -1.25. The van der Waals surface area contributed by atoms with Crippen molar-refractivity contribution in [2.45, 2.75) is 32.0 Å². The first-order valence-electron chi connectivity index (χ1n) is 10.6. The Hall–Kier alpha value is -4.49. The van der Waals surface area contributed by atoms with E-state index in [4.69, 9.17) is 19.7 Å². The van der Waals surface area contributed by atoms with Crippen LogP contribution in [0.3, 0.4) is 0 Å². The molecule has 0 saturated heterocycles. The van der Waals surface area contributed by atoms with Gasteiger partial charge >= 0.3 is 12.1 Å². The molecule has 34 heavy (non-hydrogen) atoms. The number of carbonyl (C=O) groups excluding carboxylic acids is 2. The predicted molar refractivity (Wildman–Crippen MR) is 123 cm³/mol. The summed E-state index contributed by atoms with van der Waals surface area (Å²) < 4.78 is 17.6. The van der Waals surface area contributed by atoms with Crippen LogP contribution in [0.5, 0.6) is 11.5 Å². The van der Waals surface area contributed by atoms with Crippen molar-refractivity contribution in [1.82, 2.24) is 0 Å². The third-order valence-corrected chi connectivity index (χ3v) is 5.50. The van der Waals surface area contributed by atoms with Crippen molar-refractivity contribution in [3.8, 4) is 11.5 Å². The van der Waals surface area contributed by atoms with E-state index in [0.29, 0.717) is 45.1 Å². The molecule has 9 heteroatoms. The fourth-order valence-corrected chi connectivity index (χ4v) is 4.28. The van der Waals surface area contributed by atoms with E-state index in [1.807, 2.05) is 12.1 Å². The molecule has 1 unspecified atom stereocenters. The van der Waals surface area contributed by atoms with Gasteiger partial charge in [-0.2, -0.15) is 0 Å². The van der Waals surface area contributed by atoms with Crippen LogP contribution in [0.15, 0.2) is 65.8 Å². The van der Waals surface area contributed by atoms with Crippen LogP contribution < -0.4 is 10.1 Å². The number of nitrogens with zero attached hydrogens (tertiary/aromatic N) is 3. The van der Waals surface area contributed by atoms with Gasteiger partial charge in [-0.15, -0.1) is 0 Å². The van der Waals surface area contributed by atoms with Crippen LogP contribution in [0.1, 0.15) is 47.8 Å². The smallest absolute Gasteiger partial charge is 0.412 e. The topological polar surface area (TPSA) is 123 Å². The van der Waals surface area contributed by atoms with Gasteiger partial charge in [0.1, 0.15) is 17.1 Å². The SMILES string of the molecule is CC(C)(C)OC(=O)Nc1ccc2c(c1)Oc1cc(N=[N+]=[N-])ccc1C21OC(=O)c2ccccc21. The van der Waals surface area contributed by atoms with E-state index >= 15 is 0 Å². The molecule has 2 aliphatic rings. The summed E-state index contributed by atoms with van der Waals surface area (Å²) in [6, 6.07) is 17.2. The minimum Gasteiger partial charge on any atom is -0.456 e. The van der Waals surface area contributed by atoms with E-state index in [9.17, 15) is 9.59 Å². The summed E-state index contributed by atoms with van der Waals surface area (Å²) in [5.41, 5.74) is 10.1. The van der Waals surface area contributed by atoms with Crippen molar-refractivity contribution in [2.75, 3.05) is 5.32 Å². The van der Waals surface area contributed by atoms with Crippen LogP contribution in [0.25, 0.3) is 10.4 Å². The highest BCUT2D eigenvalue weighted by Crippen LogP contribution is 2.56. The van der Waals surface area contributed by atoms with E-state index in [0.717, 1.165) is 0 Å². The Bertz CT molecular complexity index is 1400. The second-order valence-corrected chi connectivity index (χ2v) is 8.93. The van der Waals surface area contributed by atoms with Crippen molar-refractivity contribution in [3.63, 3.8) is 0 Å². The van der Waals surface area contributed by atoms with Gasteiger partial charge in [-0.05, 0) is 50.6 Å². The molecule has 0 aromatic heterocycles. The first-order valence-corrected chi connectivity index (χ1v) is 10.6. The Morgan fingerprint density at radius 1 is 1.03 bits per heavy atom. The molecule has 0 aliphatic carbocycles. The number of ether oxygens (including phenoxy) is 3. The molecule has 1 amide bonds. The minimum absolute atomic E-state index is 0.348. The Kier molecular flexibility index (Phi) is 4.73. The Balaban J connectivity index is 1.67. The molecule has 3 aromatic rings. The molecule has 5 rings (SSSR count). The fourth-order valence-electron chi connectivity index (χ4n) is 4.28. The monoisotopic (exact) mass is 456 g/mol. The van der Waals surface area contributed by atoms with Crippen molar-refractivity contribution in [2.24, 2.45) is 5.11 Å². The van der Waals surface area contributed by atoms with E-state index in [-0.39, 0.29) is 0 Å². The van der Waals surface area contributed by atoms with E-state index in [1.54, 1.807) is 69.3 Å².